The molecule has 0 amide bonds. The van der Waals surface area contributed by atoms with Gasteiger partial charge in [0, 0.05) is 18.5 Å². The maximum Gasteiger partial charge on any atom is 0.129 e. The number of rotatable bonds is 4. The van der Waals surface area contributed by atoms with Crippen LogP contribution in [0, 0.1) is 18.8 Å². The number of nitrogens with zero attached hydrogens (tertiary/aromatic N) is 1. The van der Waals surface area contributed by atoms with Gasteiger partial charge in [-0.05, 0) is 49.3 Å². The van der Waals surface area contributed by atoms with Gasteiger partial charge in [-0.1, -0.05) is 31.0 Å². The predicted octanol–water partition coefficient (Wildman–Crippen LogP) is 3.75. The normalized spacial score (nSPS) is 22.4. The van der Waals surface area contributed by atoms with Crippen LogP contribution in [0.4, 0.5) is 5.82 Å². The van der Waals surface area contributed by atoms with E-state index in [0.29, 0.717) is 18.4 Å². The van der Waals surface area contributed by atoms with Gasteiger partial charge >= 0.3 is 0 Å². The first-order valence-electron chi connectivity index (χ1n) is 7.99. The molecule has 0 bridgehead atoms. The Labute approximate surface area is 126 Å². The highest BCUT2D eigenvalue weighted by Gasteiger charge is 2.24. The second-order valence-electron chi connectivity index (χ2n) is 6.21. The first-order chi connectivity index (χ1) is 10.3. The highest BCUT2D eigenvalue weighted by Crippen LogP contribution is 2.30. The standard InChI is InChI=1S/C18H24N2O/c1-13-10-14-6-4-5-9-17(14)20-18(13)19-11-15-7-2-3-8-16(15)12-21/h4-6,9-10,15-16,21H,2-3,7-8,11-12H2,1H3,(H,19,20). The zero-order valence-corrected chi connectivity index (χ0v) is 12.7. The molecule has 1 aromatic carbocycles. The van der Waals surface area contributed by atoms with Crippen LogP contribution in [0.15, 0.2) is 30.3 Å². The minimum Gasteiger partial charge on any atom is -0.396 e. The van der Waals surface area contributed by atoms with E-state index in [1.165, 1.54) is 30.2 Å². The van der Waals surface area contributed by atoms with Crippen LogP contribution < -0.4 is 5.32 Å². The molecule has 2 N–H and O–H groups in total. The van der Waals surface area contributed by atoms with E-state index >= 15 is 0 Å². The maximum absolute atomic E-state index is 9.51. The summed E-state index contributed by atoms with van der Waals surface area (Å²) >= 11 is 0. The third-order valence-corrected chi connectivity index (χ3v) is 4.75. The Morgan fingerprint density at radius 3 is 2.76 bits per heavy atom. The fourth-order valence-corrected chi connectivity index (χ4v) is 3.42. The molecule has 1 fully saturated rings. The number of aliphatic hydroxyl groups is 1. The number of aryl methyl sites for hydroxylation is 1. The average Bonchev–Trinajstić information content (AvgIpc) is 2.53. The zero-order chi connectivity index (χ0) is 14.7. The zero-order valence-electron chi connectivity index (χ0n) is 12.7. The summed E-state index contributed by atoms with van der Waals surface area (Å²) in [5, 5.41) is 14.2. The smallest absolute Gasteiger partial charge is 0.129 e. The number of anilines is 1. The van der Waals surface area contributed by atoms with Crippen LogP contribution in [-0.2, 0) is 0 Å². The van der Waals surface area contributed by atoms with Crippen molar-refractivity contribution in [3.8, 4) is 0 Å². The lowest BCUT2D eigenvalue weighted by Gasteiger charge is -2.30. The Morgan fingerprint density at radius 1 is 1.19 bits per heavy atom. The van der Waals surface area contributed by atoms with Gasteiger partial charge in [0.15, 0.2) is 0 Å². The molecule has 1 heterocycles. The van der Waals surface area contributed by atoms with Crippen molar-refractivity contribution >= 4 is 16.7 Å². The highest BCUT2D eigenvalue weighted by molar-refractivity contribution is 5.81. The second-order valence-corrected chi connectivity index (χ2v) is 6.21. The van der Waals surface area contributed by atoms with E-state index in [9.17, 15) is 5.11 Å². The first kappa shape index (κ1) is 14.3. The van der Waals surface area contributed by atoms with E-state index in [2.05, 4.69) is 30.4 Å². The number of benzene rings is 1. The Kier molecular flexibility index (Phi) is 4.39. The molecule has 2 unspecified atom stereocenters. The summed E-state index contributed by atoms with van der Waals surface area (Å²) in [7, 11) is 0. The predicted molar refractivity (Wildman–Crippen MR) is 87.5 cm³/mol. The molecule has 2 atom stereocenters. The lowest BCUT2D eigenvalue weighted by molar-refractivity contribution is 0.141. The van der Waals surface area contributed by atoms with Gasteiger partial charge in [0.05, 0.1) is 5.52 Å². The molecule has 3 heteroatoms. The monoisotopic (exact) mass is 284 g/mol. The van der Waals surface area contributed by atoms with Crippen LogP contribution in [0.5, 0.6) is 0 Å². The van der Waals surface area contributed by atoms with Crippen LogP contribution in [0.1, 0.15) is 31.2 Å². The van der Waals surface area contributed by atoms with Crippen LogP contribution >= 0.6 is 0 Å². The number of aliphatic hydroxyl groups excluding tert-OH is 1. The van der Waals surface area contributed by atoms with Crippen LogP contribution in [0.3, 0.4) is 0 Å². The Morgan fingerprint density at radius 2 is 1.95 bits per heavy atom. The highest BCUT2D eigenvalue weighted by atomic mass is 16.3. The number of hydrogen-bond acceptors (Lipinski definition) is 3. The molecule has 3 nitrogen and oxygen atoms in total. The van der Waals surface area contributed by atoms with Crippen molar-refractivity contribution < 1.29 is 5.11 Å². The van der Waals surface area contributed by atoms with E-state index in [4.69, 9.17) is 4.98 Å². The number of nitrogens with one attached hydrogen (secondary N) is 1. The van der Waals surface area contributed by atoms with Gasteiger partial charge in [0.2, 0.25) is 0 Å². The molecular formula is C18H24N2O. The first-order valence-corrected chi connectivity index (χ1v) is 7.99. The van der Waals surface area contributed by atoms with Crippen molar-refractivity contribution in [3.63, 3.8) is 0 Å². The molecule has 1 aliphatic rings. The van der Waals surface area contributed by atoms with Crippen molar-refractivity contribution in [3.05, 3.63) is 35.9 Å². The molecule has 1 aromatic heterocycles. The van der Waals surface area contributed by atoms with Gasteiger partial charge in [-0.3, -0.25) is 0 Å². The van der Waals surface area contributed by atoms with Gasteiger partial charge in [-0.2, -0.15) is 0 Å². The minimum atomic E-state index is 0.316. The second kappa shape index (κ2) is 6.44. The summed E-state index contributed by atoms with van der Waals surface area (Å²) in [5.41, 5.74) is 2.22. The Bertz CT molecular complexity index is 611. The summed E-state index contributed by atoms with van der Waals surface area (Å²) in [5.74, 6) is 2.00. The van der Waals surface area contributed by atoms with E-state index < -0.39 is 0 Å². The summed E-state index contributed by atoms with van der Waals surface area (Å²) in [6.45, 7) is 3.33. The van der Waals surface area contributed by atoms with E-state index in [1.54, 1.807) is 0 Å². The molecule has 0 spiro atoms. The fourth-order valence-electron chi connectivity index (χ4n) is 3.42. The SMILES string of the molecule is Cc1cc2ccccc2nc1NCC1CCCCC1CO. The Balaban J connectivity index is 1.73. The third-order valence-electron chi connectivity index (χ3n) is 4.75. The molecule has 0 saturated heterocycles. The maximum atomic E-state index is 9.51. The van der Waals surface area contributed by atoms with Gasteiger partial charge < -0.3 is 10.4 Å². The molecule has 0 radical (unpaired) electrons. The lowest BCUT2D eigenvalue weighted by Crippen LogP contribution is -2.29. The summed E-state index contributed by atoms with van der Waals surface area (Å²) in [6.07, 6.45) is 4.92. The van der Waals surface area contributed by atoms with Gasteiger partial charge in [0.25, 0.3) is 0 Å². The fraction of sp³-hybridized carbons (Fsp3) is 0.500. The number of aromatic nitrogens is 1. The van der Waals surface area contributed by atoms with Crippen molar-refractivity contribution in [2.45, 2.75) is 32.6 Å². The van der Waals surface area contributed by atoms with Gasteiger partial charge in [-0.15, -0.1) is 0 Å². The van der Waals surface area contributed by atoms with Crippen molar-refractivity contribution in [1.29, 1.82) is 0 Å². The minimum absolute atomic E-state index is 0.316. The van der Waals surface area contributed by atoms with E-state index in [0.717, 1.165) is 24.3 Å². The third kappa shape index (κ3) is 3.18. The number of pyridine rings is 1. The number of hydrogen-bond donors (Lipinski definition) is 2. The lowest BCUT2D eigenvalue weighted by atomic mass is 9.79. The molecule has 112 valence electrons. The summed E-state index contributed by atoms with van der Waals surface area (Å²) in [6, 6.07) is 10.4. The molecular weight excluding hydrogens is 260 g/mol. The van der Waals surface area contributed by atoms with E-state index in [1.807, 2.05) is 12.1 Å². The number of para-hydroxylation sites is 1. The van der Waals surface area contributed by atoms with Crippen molar-refractivity contribution in [2.75, 3.05) is 18.5 Å². The topological polar surface area (TPSA) is 45.2 Å². The molecule has 3 rings (SSSR count). The van der Waals surface area contributed by atoms with Gasteiger partial charge in [-0.25, -0.2) is 4.98 Å². The summed E-state index contributed by atoms with van der Waals surface area (Å²) < 4.78 is 0. The van der Waals surface area contributed by atoms with Gasteiger partial charge in [0.1, 0.15) is 5.82 Å². The van der Waals surface area contributed by atoms with Crippen molar-refractivity contribution in [2.24, 2.45) is 11.8 Å². The van der Waals surface area contributed by atoms with Crippen LogP contribution in [0.25, 0.3) is 10.9 Å². The average molecular weight is 284 g/mol. The van der Waals surface area contributed by atoms with Crippen LogP contribution in [0.2, 0.25) is 0 Å². The van der Waals surface area contributed by atoms with Crippen LogP contribution in [-0.4, -0.2) is 23.2 Å². The summed E-state index contributed by atoms with van der Waals surface area (Å²) in [4.78, 5) is 4.74. The number of fused-ring (bicyclic) bond motifs is 1. The molecule has 2 aromatic rings. The quantitative estimate of drug-likeness (QED) is 0.898. The largest absolute Gasteiger partial charge is 0.396 e. The molecule has 0 aliphatic heterocycles. The van der Waals surface area contributed by atoms with E-state index in [-0.39, 0.29) is 0 Å². The molecule has 1 aliphatic carbocycles. The van der Waals surface area contributed by atoms with Crippen molar-refractivity contribution in [1.82, 2.24) is 4.98 Å². The Hall–Kier alpha value is -1.61. The molecule has 1 saturated carbocycles. The molecule has 21 heavy (non-hydrogen) atoms.